The Labute approximate surface area is 161 Å². The second kappa shape index (κ2) is 7.48. The summed E-state index contributed by atoms with van der Waals surface area (Å²) in [7, 11) is 0. The highest BCUT2D eigenvalue weighted by Crippen LogP contribution is 2.45. The van der Waals surface area contributed by atoms with Gasteiger partial charge in [0.2, 0.25) is 5.78 Å². The number of rotatable bonds is 3. The molecule has 3 heteroatoms. The average Bonchev–Trinajstić information content (AvgIpc) is 2.71. The van der Waals surface area contributed by atoms with Crippen molar-refractivity contribution in [1.29, 1.82) is 0 Å². The van der Waals surface area contributed by atoms with E-state index in [1.807, 2.05) is 12.1 Å². The fraction of sp³-hybridized carbons (Fsp3) is 0.625. The Morgan fingerprint density at radius 3 is 2.19 bits per heavy atom. The summed E-state index contributed by atoms with van der Waals surface area (Å²) in [5.74, 6) is -1.30. The van der Waals surface area contributed by atoms with Crippen LogP contribution in [0.1, 0.15) is 87.3 Å². The van der Waals surface area contributed by atoms with Gasteiger partial charge in [-0.25, -0.2) is 0 Å². The highest BCUT2D eigenvalue weighted by atomic mass is 19.3. The number of carbonyl (C=O) groups is 1. The number of hydrogen-bond acceptors (Lipinski definition) is 1. The van der Waals surface area contributed by atoms with Gasteiger partial charge >= 0.3 is 5.92 Å². The maximum atomic E-state index is 14.1. The number of allylic oxidation sites excluding steroid dienone is 1. The predicted molar refractivity (Wildman–Crippen MR) is 105 cm³/mol. The van der Waals surface area contributed by atoms with Crippen LogP contribution in [-0.4, -0.2) is 5.78 Å². The van der Waals surface area contributed by atoms with Crippen molar-refractivity contribution < 1.29 is 13.6 Å². The van der Waals surface area contributed by atoms with Crippen LogP contribution in [-0.2, 0) is 10.7 Å². The van der Waals surface area contributed by atoms with E-state index in [0.29, 0.717) is 11.5 Å². The van der Waals surface area contributed by atoms with Crippen LogP contribution in [0, 0.1) is 17.8 Å². The van der Waals surface area contributed by atoms with Gasteiger partial charge in [0.05, 0.1) is 0 Å². The van der Waals surface area contributed by atoms with Crippen LogP contribution in [0.25, 0.3) is 6.08 Å². The summed E-state index contributed by atoms with van der Waals surface area (Å²) in [6.45, 7) is 2.32. The van der Waals surface area contributed by atoms with Crippen LogP contribution >= 0.6 is 0 Å². The molecule has 0 saturated heterocycles. The van der Waals surface area contributed by atoms with Gasteiger partial charge in [-0.3, -0.25) is 4.79 Å². The van der Waals surface area contributed by atoms with Crippen molar-refractivity contribution in [2.75, 3.05) is 0 Å². The maximum absolute atomic E-state index is 14.1. The van der Waals surface area contributed by atoms with Gasteiger partial charge in [0.15, 0.2) is 0 Å². The Morgan fingerprint density at radius 2 is 1.56 bits per heavy atom. The van der Waals surface area contributed by atoms with Gasteiger partial charge in [0.1, 0.15) is 0 Å². The summed E-state index contributed by atoms with van der Waals surface area (Å²) in [6.07, 6.45) is 14.4. The summed E-state index contributed by atoms with van der Waals surface area (Å²) >= 11 is 0. The number of hydrogen-bond donors (Lipinski definition) is 0. The van der Waals surface area contributed by atoms with Crippen LogP contribution in [0.3, 0.4) is 0 Å². The predicted octanol–water partition coefficient (Wildman–Crippen LogP) is 6.86. The fourth-order valence-corrected chi connectivity index (χ4v) is 5.65. The molecular formula is C24H30F2O. The van der Waals surface area contributed by atoms with Gasteiger partial charge in [-0.15, -0.1) is 0 Å². The summed E-state index contributed by atoms with van der Waals surface area (Å²) in [5, 5.41) is 0. The molecule has 1 aromatic rings. The first-order valence-corrected chi connectivity index (χ1v) is 10.7. The minimum atomic E-state index is -3.38. The quantitative estimate of drug-likeness (QED) is 0.566. The standard InChI is InChI=1S/C24H30F2O/c1-2-16-3-5-17(6-4-16)18-7-9-19(10-8-18)20-11-13-22-21(15-20)12-14-23(27)24(22,25)26/h11-19H,2-10H2,1H3. The fourth-order valence-electron chi connectivity index (χ4n) is 5.65. The lowest BCUT2D eigenvalue weighted by molar-refractivity contribution is -0.139. The minimum Gasteiger partial charge on any atom is -0.288 e. The molecule has 3 aliphatic carbocycles. The first kappa shape index (κ1) is 18.8. The molecule has 0 N–H and O–H groups in total. The van der Waals surface area contributed by atoms with Crippen molar-refractivity contribution >= 4 is 11.9 Å². The van der Waals surface area contributed by atoms with Crippen LogP contribution < -0.4 is 0 Å². The average molecular weight is 372 g/mol. The van der Waals surface area contributed by atoms with E-state index in [1.54, 1.807) is 6.08 Å². The molecule has 0 amide bonds. The Balaban J connectivity index is 1.40. The molecule has 1 aromatic carbocycles. The van der Waals surface area contributed by atoms with Crippen molar-refractivity contribution in [3.8, 4) is 0 Å². The van der Waals surface area contributed by atoms with Crippen molar-refractivity contribution in [3.63, 3.8) is 0 Å². The zero-order valence-electron chi connectivity index (χ0n) is 16.2. The third kappa shape index (κ3) is 3.62. The van der Waals surface area contributed by atoms with Crippen molar-refractivity contribution in [2.45, 2.75) is 76.6 Å². The maximum Gasteiger partial charge on any atom is 0.334 e. The number of fused-ring (bicyclic) bond motifs is 1. The van der Waals surface area contributed by atoms with E-state index >= 15 is 0 Å². The molecule has 2 fully saturated rings. The van der Waals surface area contributed by atoms with Gasteiger partial charge in [-0.2, -0.15) is 8.78 Å². The van der Waals surface area contributed by atoms with E-state index in [4.69, 9.17) is 0 Å². The number of halogens is 2. The molecule has 0 spiro atoms. The van der Waals surface area contributed by atoms with Crippen LogP contribution in [0.4, 0.5) is 8.78 Å². The minimum absolute atomic E-state index is 0.139. The smallest absolute Gasteiger partial charge is 0.288 e. The largest absolute Gasteiger partial charge is 0.334 e. The second-order valence-corrected chi connectivity index (χ2v) is 8.92. The number of alkyl halides is 2. The molecule has 4 rings (SSSR count). The molecule has 3 aliphatic rings. The number of ketones is 1. The Bertz CT molecular complexity index is 720. The highest BCUT2D eigenvalue weighted by Gasteiger charge is 2.42. The monoisotopic (exact) mass is 372 g/mol. The summed E-state index contributed by atoms with van der Waals surface area (Å²) in [5.41, 5.74) is 1.54. The molecule has 0 radical (unpaired) electrons. The van der Waals surface area contributed by atoms with Crippen molar-refractivity contribution in [2.24, 2.45) is 17.8 Å². The summed E-state index contributed by atoms with van der Waals surface area (Å²) < 4.78 is 28.1. The lowest BCUT2D eigenvalue weighted by atomic mass is 9.68. The lowest BCUT2D eigenvalue weighted by Crippen LogP contribution is -2.28. The van der Waals surface area contributed by atoms with E-state index in [0.717, 1.165) is 42.2 Å². The van der Waals surface area contributed by atoms with Crippen LogP contribution in [0.5, 0.6) is 0 Å². The van der Waals surface area contributed by atoms with Crippen molar-refractivity contribution in [3.05, 3.63) is 41.0 Å². The zero-order chi connectivity index (χ0) is 19.0. The Morgan fingerprint density at radius 1 is 0.926 bits per heavy atom. The molecule has 1 nitrogen and oxygen atoms in total. The van der Waals surface area contributed by atoms with Gasteiger partial charge in [0.25, 0.3) is 0 Å². The van der Waals surface area contributed by atoms with E-state index < -0.39 is 11.7 Å². The molecule has 0 aromatic heterocycles. The molecule has 0 aliphatic heterocycles. The molecule has 27 heavy (non-hydrogen) atoms. The van der Waals surface area contributed by atoms with E-state index in [1.165, 1.54) is 51.0 Å². The Kier molecular flexibility index (Phi) is 5.22. The van der Waals surface area contributed by atoms with E-state index in [9.17, 15) is 13.6 Å². The summed E-state index contributed by atoms with van der Waals surface area (Å²) in [6, 6.07) is 5.20. The molecule has 2 saturated carbocycles. The third-order valence-electron chi connectivity index (χ3n) is 7.52. The first-order chi connectivity index (χ1) is 13.0. The summed E-state index contributed by atoms with van der Waals surface area (Å²) in [4.78, 5) is 11.5. The first-order valence-electron chi connectivity index (χ1n) is 10.7. The topological polar surface area (TPSA) is 17.1 Å². The zero-order valence-corrected chi connectivity index (χ0v) is 16.2. The van der Waals surface area contributed by atoms with Gasteiger partial charge in [-0.1, -0.05) is 50.5 Å². The molecule has 146 valence electrons. The molecule has 0 heterocycles. The Hall–Kier alpha value is -1.51. The SMILES string of the molecule is CCC1CCC(C2CCC(c3ccc4c(c3)C=CC(=O)C4(F)F)CC2)CC1. The van der Waals surface area contributed by atoms with Gasteiger partial charge < -0.3 is 0 Å². The van der Waals surface area contributed by atoms with Crippen LogP contribution in [0.2, 0.25) is 0 Å². The number of benzene rings is 1. The molecule has 0 bridgehead atoms. The van der Waals surface area contributed by atoms with Crippen molar-refractivity contribution in [1.82, 2.24) is 0 Å². The molecule has 0 unspecified atom stereocenters. The van der Waals surface area contributed by atoms with Crippen LogP contribution in [0.15, 0.2) is 24.3 Å². The van der Waals surface area contributed by atoms with Gasteiger partial charge in [-0.05, 0) is 79.4 Å². The number of carbonyl (C=O) groups excluding carboxylic acids is 1. The highest BCUT2D eigenvalue weighted by molar-refractivity contribution is 6.02. The second-order valence-electron chi connectivity index (χ2n) is 8.92. The molecular weight excluding hydrogens is 342 g/mol. The van der Waals surface area contributed by atoms with Gasteiger partial charge in [0, 0.05) is 5.56 Å². The normalized spacial score (nSPS) is 32.9. The lowest BCUT2D eigenvalue weighted by Gasteiger charge is -2.38. The van der Waals surface area contributed by atoms with E-state index in [2.05, 4.69) is 6.92 Å². The third-order valence-corrected chi connectivity index (χ3v) is 7.52. The molecule has 0 atom stereocenters. The van der Waals surface area contributed by atoms with E-state index in [-0.39, 0.29) is 5.56 Å².